The number of rotatable bonds is 6. The van der Waals surface area contributed by atoms with Crippen molar-refractivity contribution in [3.8, 4) is 34.2 Å². The van der Waals surface area contributed by atoms with Crippen LogP contribution in [0.15, 0.2) is 105 Å². The van der Waals surface area contributed by atoms with E-state index in [1.165, 1.54) is 0 Å². The molecule has 0 aromatic carbocycles. The molecule has 0 atom stereocenters. The van der Waals surface area contributed by atoms with Gasteiger partial charge in [-0.15, -0.1) is 0 Å². The molecule has 6 aromatic heterocycles. The van der Waals surface area contributed by atoms with Gasteiger partial charge < -0.3 is 0 Å². The lowest BCUT2D eigenvalue weighted by atomic mass is 10.3. The number of hydrogen-bond acceptors (Lipinski definition) is 6. The van der Waals surface area contributed by atoms with Crippen molar-refractivity contribution in [3.63, 3.8) is 0 Å². The predicted octanol–water partition coefficient (Wildman–Crippen LogP) is 6.30. The highest BCUT2D eigenvalue weighted by Gasteiger charge is 2.21. The Kier molecular flexibility index (Phi) is 6.53. The minimum atomic E-state index is -0.525. The van der Waals surface area contributed by atoms with Crippen LogP contribution in [0, 0.1) is 0 Å². The van der Waals surface area contributed by atoms with Gasteiger partial charge in [0.15, 0.2) is 0 Å². The highest BCUT2D eigenvalue weighted by atomic mass is 79.9. The molecule has 0 fully saturated rings. The zero-order chi connectivity index (χ0) is 25.4. The topological polar surface area (TPSA) is 92.1 Å². The Labute approximate surface area is 236 Å². The summed E-state index contributed by atoms with van der Waals surface area (Å²) in [7, 11) is 0. The van der Waals surface area contributed by atoms with Gasteiger partial charge in [0.05, 0.1) is 17.1 Å². The summed E-state index contributed by atoms with van der Waals surface area (Å²) in [6, 6.07) is 22.9. The molecule has 0 N–H and O–H groups in total. The summed E-state index contributed by atoms with van der Waals surface area (Å²) in [5, 5.41) is 14.5. The minimum Gasteiger partial charge on any atom is -0.239 e. The third-order valence-corrected chi connectivity index (χ3v) is 6.79. The average molecular weight is 682 g/mol. The van der Waals surface area contributed by atoms with E-state index < -0.39 is 6.29 Å². The van der Waals surface area contributed by atoms with Crippen LogP contribution in [0.1, 0.15) is 6.29 Å². The van der Waals surface area contributed by atoms with Crippen molar-refractivity contribution in [1.82, 2.24) is 44.3 Å². The van der Waals surface area contributed by atoms with Crippen LogP contribution >= 0.6 is 47.8 Å². The first-order valence-corrected chi connectivity index (χ1v) is 13.5. The van der Waals surface area contributed by atoms with Gasteiger partial charge in [0.1, 0.15) is 30.9 Å². The lowest BCUT2D eigenvalue weighted by molar-refractivity contribution is 0.286. The average Bonchev–Trinajstić information content (AvgIpc) is 3.67. The maximum atomic E-state index is 4.83. The summed E-state index contributed by atoms with van der Waals surface area (Å²) >= 11 is 10.3. The van der Waals surface area contributed by atoms with Crippen molar-refractivity contribution in [2.75, 3.05) is 0 Å². The molecular formula is C25H16Br3N9. The molecule has 0 aliphatic carbocycles. The maximum absolute atomic E-state index is 4.83. The van der Waals surface area contributed by atoms with E-state index in [0.717, 1.165) is 48.0 Å². The van der Waals surface area contributed by atoms with Crippen molar-refractivity contribution in [2.24, 2.45) is 0 Å². The first-order chi connectivity index (χ1) is 18.0. The third-order valence-electron chi connectivity index (χ3n) is 5.47. The zero-order valence-corrected chi connectivity index (χ0v) is 23.7. The molecule has 37 heavy (non-hydrogen) atoms. The summed E-state index contributed by atoms with van der Waals surface area (Å²) < 4.78 is 7.63. The quantitative estimate of drug-likeness (QED) is 0.192. The van der Waals surface area contributed by atoms with Gasteiger partial charge in [-0.25, -0.2) is 29.0 Å². The van der Waals surface area contributed by atoms with E-state index in [1.54, 1.807) is 14.0 Å². The van der Waals surface area contributed by atoms with Crippen molar-refractivity contribution in [3.05, 3.63) is 105 Å². The van der Waals surface area contributed by atoms with E-state index in [2.05, 4.69) is 62.7 Å². The molecule has 6 aromatic rings. The van der Waals surface area contributed by atoms with Gasteiger partial charge in [0.25, 0.3) is 0 Å². The van der Waals surface area contributed by atoms with E-state index in [9.17, 15) is 0 Å². The Morgan fingerprint density at radius 2 is 0.757 bits per heavy atom. The molecular weight excluding hydrogens is 666 g/mol. The molecule has 0 aliphatic rings. The van der Waals surface area contributed by atoms with Gasteiger partial charge in [-0.05, 0) is 102 Å². The fraction of sp³-hybridized carbons (Fsp3) is 0.0400. The van der Waals surface area contributed by atoms with E-state index in [1.807, 2.05) is 91.4 Å². The lowest BCUT2D eigenvalue weighted by Gasteiger charge is -2.19. The molecule has 0 radical (unpaired) electrons. The third kappa shape index (κ3) is 5.04. The Hall–Kier alpha value is -3.48. The van der Waals surface area contributed by atoms with Crippen molar-refractivity contribution >= 4 is 47.8 Å². The molecule has 0 saturated carbocycles. The predicted molar refractivity (Wildman–Crippen MR) is 149 cm³/mol. The van der Waals surface area contributed by atoms with Crippen LogP contribution in [0.25, 0.3) is 34.2 Å². The Morgan fingerprint density at radius 3 is 1.05 bits per heavy atom. The van der Waals surface area contributed by atoms with Crippen LogP contribution in [0.5, 0.6) is 0 Å². The molecule has 0 aliphatic heterocycles. The fourth-order valence-electron chi connectivity index (χ4n) is 3.83. The first kappa shape index (κ1) is 23.9. The largest absolute Gasteiger partial charge is 0.239 e. The zero-order valence-electron chi connectivity index (χ0n) is 18.9. The normalized spacial score (nSPS) is 11.4. The fourth-order valence-corrected chi connectivity index (χ4v) is 4.86. The molecule has 0 bridgehead atoms. The second-order valence-electron chi connectivity index (χ2n) is 7.93. The van der Waals surface area contributed by atoms with Gasteiger partial charge in [0.2, 0.25) is 6.29 Å². The van der Waals surface area contributed by atoms with Crippen LogP contribution in [-0.4, -0.2) is 44.3 Å². The summed E-state index contributed by atoms with van der Waals surface area (Å²) in [6.45, 7) is 0. The summed E-state index contributed by atoms with van der Waals surface area (Å²) in [5.74, 6) is 0. The standard InChI is InChI=1S/C25H16Br3N9/c26-22-7-1-4-16(29-22)19-10-13-35(32-19)25(36-14-11-20(33-36)17-5-2-8-23(27)30-17)37-15-12-21(34-37)18-6-3-9-24(28)31-18/h1-15,25H. The highest BCUT2D eigenvalue weighted by Crippen LogP contribution is 2.24. The highest BCUT2D eigenvalue weighted by molar-refractivity contribution is 9.11. The van der Waals surface area contributed by atoms with E-state index >= 15 is 0 Å². The molecule has 0 saturated heterocycles. The lowest BCUT2D eigenvalue weighted by Crippen LogP contribution is -2.27. The van der Waals surface area contributed by atoms with Gasteiger partial charge in [-0.2, -0.15) is 15.3 Å². The summed E-state index contributed by atoms with van der Waals surface area (Å²) in [5.41, 5.74) is 4.46. The van der Waals surface area contributed by atoms with Crippen LogP contribution in [-0.2, 0) is 0 Å². The Bertz CT molecular complexity index is 1510. The molecule has 0 amide bonds. The van der Waals surface area contributed by atoms with Crippen LogP contribution in [0.3, 0.4) is 0 Å². The van der Waals surface area contributed by atoms with Crippen LogP contribution < -0.4 is 0 Å². The number of halogens is 3. The number of aromatic nitrogens is 9. The SMILES string of the molecule is Brc1cccc(-c2ccn(C(n3ccc(-c4cccc(Br)n4)n3)n3ccc(-c4cccc(Br)n4)n3)n2)n1. The van der Waals surface area contributed by atoms with E-state index in [-0.39, 0.29) is 0 Å². The molecule has 0 spiro atoms. The van der Waals surface area contributed by atoms with Gasteiger partial charge in [-0.1, -0.05) is 18.2 Å². The first-order valence-electron chi connectivity index (χ1n) is 11.1. The van der Waals surface area contributed by atoms with Gasteiger partial charge >= 0.3 is 0 Å². The van der Waals surface area contributed by atoms with Crippen LogP contribution in [0.4, 0.5) is 0 Å². The van der Waals surface area contributed by atoms with E-state index in [4.69, 9.17) is 15.3 Å². The van der Waals surface area contributed by atoms with Crippen LogP contribution in [0.2, 0.25) is 0 Å². The second-order valence-corrected chi connectivity index (χ2v) is 10.4. The minimum absolute atomic E-state index is 0.525. The summed E-state index contributed by atoms with van der Waals surface area (Å²) in [6.07, 6.45) is 5.14. The smallest absolute Gasteiger partial charge is 0.238 e. The molecule has 0 unspecified atom stereocenters. The van der Waals surface area contributed by atoms with Gasteiger partial charge in [0, 0.05) is 18.6 Å². The van der Waals surface area contributed by atoms with E-state index in [0.29, 0.717) is 0 Å². The number of pyridine rings is 3. The molecule has 6 heterocycles. The summed E-state index contributed by atoms with van der Waals surface area (Å²) in [4.78, 5) is 13.6. The maximum Gasteiger partial charge on any atom is 0.238 e. The number of nitrogens with zero attached hydrogens (tertiary/aromatic N) is 9. The molecule has 9 nitrogen and oxygen atoms in total. The second kappa shape index (κ2) is 10.1. The van der Waals surface area contributed by atoms with Crippen molar-refractivity contribution in [2.45, 2.75) is 6.29 Å². The van der Waals surface area contributed by atoms with Crippen molar-refractivity contribution in [1.29, 1.82) is 0 Å². The molecule has 6 rings (SSSR count). The monoisotopic (exact) mass is 679 g/mol. The Balaban J connectivity index is 1.43. The molecule has 12 heteroatoms. The van der Waals surface area contributed by atoms with Crippen molar-refractivity contribution < 1.29 is 0 Å². The Morgan fingerprint density at radius 1 is 0.432 bits per heavy atom. The number of hydrogen-bond donors (Lipinski definition) is 0. The van der Waals surface area contributed by atoms with Gasteiger partial charge in [-0.3, -0.25) is 0 Å². The molecule has 182 valence electrons.